The molecule has 3 aromatic carbocycles. The van der Waals surface area contributed by atoms with Crippen LogP contribution in [0.25, 0.3) is 16.8 Å². The van der Waals surface area contributed by atoms with Crippen LogP contribution in [0.5, 0.6) is 5.75 Å². The highest BCUT2D eigenvalue weighted by atomic mass is 32.2. The first-order valence-electron chi connectivity index (χ1n) is 10.8. The van der Waals surface area contributed by atoms with Crippen LogP contribution in [0.3, 0.4) is 0 Å². The summed E-state index contributed by atoms with van der Waals surface area (Å²) in [5.74, 6) is -0.254. The third-order valence-electron chi connectivity index (χ3n) is 5.64. The van der Waals surface area contributed by atoms with E-state index in [2.05, 4.69) is 17.0 Å². The van der Waals surface area contributed by atoms with Crippen LogP contribution in [-0.2, 0) is 14.8 Å². The molecule has 1 saturated heterocycles. The standard InChI is InChI=1S/C25H26N2O5S/c28-25(29)11-8-20-4-3-7-24(18-20)33(30,31)27-14-12-26(13-15-27)16-17-32-23-10-9-21-5-1-2-6-22(21)19-23/h1-11,18-19H,12-17H2,(H,28,29). The first-order chi connectivity index (χ1) is 15.9. The Bertz CT molecular complexity index is 1260. The second kappa shape index (κ2) is 10.2. The summed E-state index contributed by atoms with van der Waals surface area (Å²) in [5.41, 5.74) is 0.531. The van der Waals surface area contributed by atoms with Gasteiger partial charge >= 0.3 is 5.97 Å². The summed E-state index contributed by atoms with van der Waals surface area (Å²) in [5, 5.41) is 11.1. The van der Waals surface area contributed by atoms with Crippen molar-refractivity contribution in [1.82, 2.24) is 9.21 Å². The zero-order chi connectivity index (χ0) is 23.3. The number of rotatable bonds is 8. The third kappa shape index (κ3) is 5.78. The summed E-state index contributed by atoms with van der Waals surface area (Å²) in [6.45, 7) is 3.29. The quantitative estimate of drug-likeness (QED) is 0.513. The van der Waals surface area contributed by atoms with E-state index in [4.69, 9.17) is 9.84 Å². The number of aliphatic carboxylic acids is 1. The van der Waals surface area contributed by atoms with Crippen molar-refractivity contribution in [3.8, 4) is 5.75 Å². The summed E-state index contributed by atoms with van der Waals surface area (Å²) in [6.07, 6.45) is 2.37. The largest absolute Gasteiger partial charge is 0.492 e. The first kappa shape index (κ1) is 23.0. The molecule has 8 heteroatoms. The Hall–Kier alpha value is -3.20. The summed E-state index contributed by atoms with van der Waals surface area (Å²) in [4.78, 5) is 13.1. The summed E-state index contributed by atoms with van der Waals surface area (Å²) in [6, 6.07) is 20.5. The highest BCUT2D eigenvalue weighted by Crippen LogP contribution is 2.21. The van der Waals surface area contributed by atoms with Crippen molar-refractivity contribution in [2.75, 3.05) is 39.3 Å². The predicted molar refractivity (Wildman–Crippen MR) is 128 cm³/mol. The normalized spacial score (nSPS) is 15.8. The average molecular weight is 467 g/mol. The van der Waals surface area contributed by atoms with Gasteiger partial charge in [0, 0.05) is 38.8 Å². The van der Waals surface area contributed by atoms with Gasteiger partial charge in [0.25, 0.3) is 0 Å². The lowest BCUT2D eigenvalue weighted by molar-refractivity contribution is -0.131. The van der Waals surface area contributed by atoms with E-state index in [0.29, 0.717) is 38.3 Å². The maximum absolute atomic E-state index is 13.0. The number of benzene rings is 3. The fourth-order valence-corrected chi connectivity index (χ4v) is 5.32. The van der Waals surface area contributed by atoms with Crippen molar-refractivity contribution >= 4 is 32.8 Å². The Morgan fingerprint density at radius 3 is 2.45 bits per heavy atom. The number of hydrogen-bond acceptors (Lipinski definition) is 5. The number of nitrogens with zero attached hydrogens (tertiary/aromatic N) is 2. The molecule has 0 amide bonds. The van der Waals surface area contributed by atoms with Crippen molar-refractivity contribution in [3.05, 3.63) is 78.4 Å². The van der Waals surface area contributed by atoms with Gasteiger partial charge in [-0.2, -0.15) is 4.31 Å². The van der Waals surface area contributed by atoms with E-state index in [1.165, 1.54) is 27.9 Å². The van der Waals surface area contributed by atoms with Crippen LogP contribution in [0.15, 0.2) is 77.7 Å². The van der Waals surface area contributed by atoms with Crippen molar-refractivity contribution < 1.29 is 23.1 Å². The van der Waals surface area contributed by atoms with E-state index in [1.54, 1.807) is 12.1 Å². The molecule has 33 heavy (non-hydrogen) atoms. The maximum Gasteiger partial charge on any atom is 0.328 e. The molecule has 0 radical (unpaired) electrons. The van der Waals surface area contributed by atoms with Gasteiger partial charge in [-0.1, -0.05) is 42.5 Å². The summed E-state index contributed by atoms with van der Waals surface area (Å²) < 4.78 is 33.5. The molecule has 1 aliphatic heterocycles. The first-order valence-corrected chi connectivity index (χ1v) is 12.2. The van der Waals surface area contributed by atoms with Gasteiger partial charge in [0.2, 0.25) is 10.0 Å². The lowest BCUT2D eigenvalue weighted by atomic mass is 10.1. The molecule has 0 bridgehead atoms. The Morgan fingerprint density at radius 2 is 1.70 bits per heavy atom. The van der Waals surface area contributed by atoms with Gasteiger partial charge in [-0.15, -0.1) is 0 Å². The fourth-order valence-electron chi connectivity index (χ4n) is 3.84. The van der Waals surface area contributed by atoms with Crippen LogP contribution in [-0.4, -0.2) is 68.0 Å². The molecule has 0 aromatic heterocycles. The van der Waals surface area contributed by atoms with Crippen LogP contribution in [0, 0.1) is 0 Å². The van der Waals surface area contributed by atoms with Gasteiger partial charge in [0.15, 0.2) is 0 Å². The molecule has 0 spiro atoms. The highest BCUT2D eigenvalue weighted by Gasteiger charge is 2.28. The number of fused-ring (bicyclic) bond motifs is 1. The Morgan fingerprint density at radius 1 is 0.939 bits per heavy atom. The lowest BCUT2D eigenvalue weighted by Gasteiger charge is -2.33. The molecule has 7 nitrogen and oxygen atoms in total. The summed E-state index contributed by atoms with van der Waals surface area (Å²) in [7, 11) is -3.64. The number of ether oxygens (including phenoxy) is 1. The molecule has 172 valence electrons. The van der Waals surface area contributed by atoms with Crippen LogP contribution in [0.4, 0.5) is 0 Å². The van der Waals surface area contributed by atoms with Gasteiger partial charge in [-0.25, -0.2) is 13.2 Å². The molecule has 4 rings (SSSR count). The average Bonchev–Trinajstić information content (AvgIpc) is 2.83. The fraction of sp³-hybridized carbons (Fsp3) is 0.240. The zero-order valence-electron chi connectivity index (χ0n) is 18.1. The minimum Gasteiger partial charge on any atom is -0.492 e. The van der Waals surface area contributed by atoms with E-state index >= 15 is 0 Å². The predicted octanol–water partition coefficient (Wildman–Crippen LogP) is 3.32. The van der Waals surface area contributed by atoms with Crippen molar-refractivity contribution in [2.45, 2.75) is 4.90 Å². The number of hydrogen-bond donors (Lipinski definition) is 1. The number of piperazine rings is 1. The molecular formula is C25H26N2O5S. The zero-order valence-corrected chi connectivity index (χ0v) is 18.9. The molecule has 1 aliphatic rings. The monoisotopic (exact) mass is 466 g/mol. The van der Waals surface area contributed by atoms with Gasteiger partial charge in [0.1, 0.15) is 12.4 Å². The topological polar surface area (TPSA) is 87.1 Å². The second-order valence-corrected chi connectivity index (χ2v) is 9.79. The Labute approximate surface area is 193 Å². The number of carboxylic acids is 1. The van der Waals surface area contributed by atoms with E-state index in [9.17, 15) is 13.2 Å². The molecule has 3 aromatic rings. The van der Waals surface area contributed by atoms with Crippen LogP contribution < -0.4 is 4.74 Å². The molecule has 1 N–H and O–H groups in total. The van der Waals surface area contributed by atoms with Crippen molar-refractivity contribution in [3.63, 3.8) is 0 Å². The van der Waals surface area contributed by atoms with Crippen molar-refractivity contribution in [1.29, 1.82) is 0 Å². The van der Waals surface area contributed by atoms with Gasteiger partial charge in [0.05, 0.1) is 4.90 Å². The van der Waals surface area contributed by atoms with Gasteiger partial charge < -0.3 is 9.84 Å². The SMILES string of the molecule is O=C(O)C=Cc1cccc(S(=O)(=O)N2CCN(CCOc3ccc4ccccc4c3)CC2)c1. The molecular weight excluding hydrogens is 440 g/mol. The van der Waals surface area contributed by atoms with Gasteiger partial charge in [-0.3, -0.25) is 4.90 Å². The Kier molecular flexibility index (Phi) is 7.08. The smallest absolute Gasteiger partial charge is 0.328 e. The molecule has 1 heterocycles. The molecule has 1 fully saturated rings. The lowest BCUT2D eigenvalue weighted by Crippen LogP contribution is -2.49. The number of sulfonamides is 1. The molecule has 0 unspecified atom stereocenters. The maximum atomic E-state index is 13.0. The highest BCUT2D eigenvalue weighted by molar-refractivity contribution is 7.89. The minimum absolute atomic E-state index is 0.170. The minimum atomic E-state index is -3.64. The molecule has 0 saturated carbocycles. The van der Waals surface area contributed by atoms with Gasteiger partial charge in [-0.05, 0) is 46.7 Å². The van der Waals surface area contributed by atoms with E-state index in [0.717, 1.165) is 23.8 Å². The summed E-state index contributed by atoms with van der Waals surface area (Å²) >= 11 is 0. The van der Waals surface area contributed by atoms with Crippen LogP contribution >= 0.6 is 0 Å². The molecule has 0 atom stereocenters. The van der Waals surface area contributed by atoms with E-state index in [-0.39, 0.29) is 4.90 Å². The second-order valence-electron chi connectivity index (χ2n) is 7.85. The van der Waals surface area contributed by atoms with Crippen molar-refractivity contribution in [2.24, 2.45) is 0 Å². The third-order valence-corrected chi connectivity index (χ3v) is 7.54. The molecule has 0 aliphatic carbocycles. The van der Waals surface area contributed by atoms with E-state index in [1.807, 2.05) is 30.3 Å². The van der Waals surface area contributed by atoms with E-state index < -0.39 is 16.0 Å². The van der Waals surface area contributed by atoms with Crippen LogP contribution in [0.1, 0.15) is 5.56 Å². The number of carboxylic acid groups (broad SMARTS) is 1. The van der Waals surface area contributed by atoms with Crippen LogP contribution in [0.2, 0.25) is 0 Å². The number of carbonyl (C=O) groups is 1. The Balaban J connectivity index is 1.30.